The summed E-state index contributed by atoms with van der Waals surface area (Å²) in [6, 6.07) is 3.68. The van der Waals surface area contributed by atoms with E-state index in [-0.39, 0.29) is 30.4 Å². The van der Waals surface area contributed by atoms with Gasteiger partial charge in [-0.15, -0.1) is 0 Å². The van der Waals surface area contributed by atoms with Gasteiger partial charge in [0, 0.05) is 25.6 Å². The summed E-state index contributed by atoms with van der Waals surface area (Å²) >= 11 is 0. The Kier molecular flexibility index (Phi) is 7.50. The van der Waals surface area contributed by atoms with Gasteiger partial charge < -0.3 is 19.0 Å². The summed E-state index contributed by atoms with van der Waals surface area (Å²) in [4.78, 5) is 28.7. The van der Waals surface area contributed by atoms with Gasteiger partial charge in [-0.05, 0) is 31.4 Å². The Hall–Kier alpha value is -1.82. The molecular weight excluding hydrogens is 320 g/mol. The molecule has 0 saturated carbocycles. The smallest absolute Gasteiger partial charge is 0.242 e. The molecule has 2 heterocycles. The topological polar surface area (TPSA) is 63.0 Å². The summed E-state index contributed by atoms with van der Waals surface area (Å²) in [5, 5.41) is 0. The molecule has 0 aromatic carbocycles. The lowest BCUT2D eigenvalue weighted by Crippen LogP contribution is -2.46. The Morgan fingerprint density at radius 1 is 1.32 bits per heavy atom. The van der Waals surface area contributed by atoms with Gasteiger partial charge >= 0.3 is 0 Å². The second kappa shape index (κ2) is 9.61. The van der Waals surface area contributed by atoms with Gasteiger partial charge in [0.05, 0.1) is 25.5 Å². The van der Waals surface area contributed by atoms with Gasteiger partial charge in [0.1, 0.15) is 5.76 Å². The number of nitrogens with zero attached hydrogens (tertiary/aromatic N) is 2. The molecule has 140 valence electrons. The van der Waals surface area contributed by atoms with E-state index in [2.05, 4.69) is 0 Å². The maximum atomic E-state index is 12.9. The van der Waals surface area contributed by atoms with E-state index in [1.165, 1.54) is 0 Å². The van der Waals surface area contributed by atoms with Crippen molar-refractivity contribution in [3.63, 3.8) is 0 Å². The Morgan fingerprint density at radius 3 is 2.68 bits per heavy atom. The Labute approximate surface area is 150 Å². The van der Waals surface area contributed by atoms with Crippen molar-refractivity contribution >= 4 is 11.8 Å². The second-order valence-electron chi connectivity index (χ2n) is 6.90. The predicted molar refractivity (Wildman–Crippen MR) is 94.8 cm³/mol. The zero-order valence-corrected chi connectivity index (χ0v) is 15.6. The minimum absolute atomic E-state index is 0.0188. The molecule has 0 bridgehead atoms. The molecule has 2 rings (SSSR count). The number of carbonyl (C=O) groups excluding carboxylic acids is 2. The molecular formula is C19H30N2O4. The quantitative estimate of drug-likeness (QED) is 0.687. The molecule has 1 aliphatic rings. The van der Waals surface area contributed by atoms with Crippen molar-refractivity contribution in [3.8, 4) is 0 Å². The highest BCUT2D eigenvalue weighted by atomic mass is 16.5. The number of hydrogen-bond acceptors (Lipinski definition) is 4. The lowest BCUT2D eigenvalue weighted by molar-refractivity contribution is -0.143. The largest absolute Gasteiger partial charge is 0.467 e. The number of amides is 2. The third-order valence-corrected chi connectivity index (χ3v) is 4.35. The third-order valence-electron chi connectivity index (χ3n) is 4.35. The minimum Gasteiger partial charge on any atom is -0.467 e. The Morgan fingerprint density at radius 2 is 2.12 bits per heavy atom. The molecule has 1 fully saturated rings. The standard InChI is InChI=1S/C19H30N2O4/c1-4-9-20(19(23)15(2)3)14-18(22)21(12-16-7-5-10-24-16)13-17-8-6-11-25-17/h5,7,10,15,17H,4,6,8-9,11-14H2,1-3H3. The molecule has 1 aromatic heterocycles. The van der Waals surface area contributed by atoms with Crippen molar-refractivity contribution in [2.45, 2.75) is 52.7 Å². The number of furan rings is 1. The van der Waals surface area contributed by atoms with E-state index in [4.69, 9.17) is 9.15 Å². The number of carbonyl (C=O) groups is 2. The van der Waals surface area contributed by atoms with Crippen LogP contribution in [0.15, 0.2) is 22.8 Å². The molecule has 6 nitrogen and oxygen atoms in total. The Balaban J connectivity index is 2.04. The lowest BCUT2D eigenvalue weighted by atomic mass is 10.1. The first kappa shape index (κ1) is 19.5. The van der Waals surface area contributed by atoms with Crippen LogP contribution in [0.2, 0.25) is 0 Å². The van der Waals surface area contributed by atoms with Crippen molar-refractivity contribution < 1.29 is 18.7 Å². The van der Waals surface area contributed by atoms with Crippen molar-refractivity contribution in [3.05, 3.63) is 24.2 Å². The predicted octanol–water partition coefficient (Wildman–Crippen LogP) is 2.68. The van der Waals surface area contributed by atoms with Crippen molar-refractivity contribution in [1.29, 1.82) is 0 Å². The fourth-order valence-corrected chi connectivity index (χ4v) is 3.04. The first-order chi connectivity index (χ1) is 12.0. The van der Waals surface area contributed by atoms with E-state index in [1.54, 1.807) is 16.1 Å². The molecule has 1 unspecified atom stereocenters. The van der Waals surface area contributed by atoms with Crippen LogP contribution in [0.25, 0.3) is 0 Å². The number of rotatable bonds is 9. The fourth-order valence-electron chi connectivity index (χ4n) is 3.04. The van der Waals surface area contributed by atoms with Crippen molar-refractivity contribution in [1.82, 2.24) is 9.80 Å². The van der Waals surface area contributed by atoms with Gasteiger partial charge in [0.2, 0.25) is 11.8 Å². The Bertz CT molecular complexity index is 536. The molecule has 1 saturated heterocycles. The zero-order valence-electron chi connectivity index (χ0n) is 15.6. The van der Waals surface area contributed by atoms with E-state index in [1.807, 2.05) is 32.9 Å². The maximum Gasteiger partial charge on any atom is 0.242 e. The van der Waals surface area contributed by atoms with Crippen LogP contribution in [0, 0.1) is 5.92 Å². The van der Waals surface area contributed by atoms with Gasteiger partial charge in [-0.1, -0.05) is 20.8 Å². The molecule has 2 amide bonds. The van der Waals surface area contributed by atoms with Gasteiger partial charge in [0.25, 0.3) is 0 Å². The normalized spacial score (nSPS) is 17.0. The van der Waals surface area contributed by atoms with Crippen molar-refractivity contribution in [2.75, 3.05) is 26.2 Å². The summed E-state index contributed by atoms with van der Waals surface area (Å²) in [5.41, 5.74) is 0. The summed E-state index contributed by atoms with van der Waals surface area (Å²) in [6.07, 6.45) is 4.50. The molecule has 1 aromatic rings. The van der Waals surface area contributed by atoms with E-state index in [9.17, 15) is 9.59 Å². The first-order valence-electron chi connectivity index (χ1n) is 9.21. The molecule has 0 radical (unpaired) electrons. The average molecular weight is 350 g/mol. The molecule has 25 heavy (non-hydrogen) atoms. The van der Waals surface area contributed by atoms with Crippen LogP contribution < -0.4 is 0 Å². The van der Waals surface area contributed by atoms with E-state index >= 15 is 0 Å². The number of hydrogen-bond donors (Lipinski definition) is 0. The highest BCUT2D eigenvalue weighted by Gasteiger charge is 2.26. The molecule has 0 N–H and O–H groups in total. The molecule has 1 atom stereocenters. The molecule has 6 heteroatoms. The van der Waals surface area contributed by atoms with Gasteiger partial charge in [0.15, 0.2) is 0 Å². The molecule has 0 spiro atoms. The fraction of sp³-hybridized carbons (Fsp3) is 0.684. The zero-order chi connectivity index (χ0) is 18.2. The lowest BCUT2D eigenvalue weighted by Gasteiger charge is -2.29. The van der Waals surface area contributed by atoms with Gasteiger partial charge in [-0.2, -0.15) is 0 Å². The van der Waals surface area contributed by atoms with Crippen LogP contribution in [-0.2, 0) is 20.9 Å². The molecule has 1 aliphatic heterocycles. The van der Waals surface area contributed by atoms with E-state index in [0.29, 0.717) is 19.6 Å². The van der Waals surface area contributed by atoms with Crippen LogP contribution >= 0.6 is 0 Å². The van der Waals surface area contributed by atoms with E-state index in [0.717, 1.165) is 31.6 Å². The monoisotopic (exact) mass is 350 g/mol. The highest BCUT2D eigenvalue weighted by Crippen LogP contribution is 2.16. The van der Waals surface area contributed by atoms with Crippen LogP contribution in [0.5, 0.6) is 0 Å². The minimum atomic E-state index is -0.115. The summed E-state index contributed by atoms with van der Waals surface area (Å²) in [5.74, 6) is 0.583. The van der Waals surface area contributed by atoms with Gasteiger partial charge in [-0.3, -0.25) is 9.59 Å². The average Bonchev–Trinajstić information content (AvgIpc) is 3.26. The van der Waals surface area contributed by atoms with Gasteiger partial charge in [-0.25, -0.2) is 0 Å². The first-order valence-corrected chi connectivity index (χ1v) is 9.21. The van der Waals surface area contributed by atoms with Crippen LogP contribution in [-0.4, -0.2) is 54.0 Å². The summed E-state index contributed by atoms with van der Waals surface area (Å²) < 4.78 is 11.1. The van der Waals surface area contributed by atoms with Crippen LogP contribution in [0.1, 0.15) is 45.8 Å². The second-order valence-corrected chi connectivity index (χ2v) is 6.90. The van der Waals surface area contributed by atoms with E-state index < -0.39 is 0 Å². The maximum absolute atomic E-state index is 12.9. The van der Waals surface area contributed by atoms with Crippen LogP contribution in [0.3, 0.4) is 0 Å². The number of ether oxygens (including phenoxy) is 1. The summed E-state index contributed by atoms with van der Waals surface area (Å²) in [6.45, 7) is 8.14. The van der Waals surface area contributed by atoms with Crippen LogP contribution in [0.4, 0.5) is 0 Å². The third kappa shape index (κ3) is 5.88. The highest BCUT2D eigenvalue weighted by molar-refractivity contribution is 5.85. The SMILES string of the molecule is CCCN(CC(=O)N(Cc1ccco1)CC1CCCO1)C(=O)C(C)C. The summed E-state index contributed by atoms with van der Waals surface area (Å²) in [7, 11) is 0. The van der Waals surface area contributed by atoms with Crippen molar-refractivity contribution in [2.24, 2.45) is 5.92 Å². The molecule has 0 aliphatic carbocycles.